The van der Waals surface area contributed by atoms with Crippen LogP contribution in [0.2, 0.25) is 0 Å². The van der Waals surface area contributed by atoms with Crippen LogP contribution in [-0.4, -0.2) is 33.2 Å². The molecule has 1 N–H and O–H groups in total. The van der Waals surface area contributed by atoms with Gasteiger partial charge >= 0.3 is 0 Å². The lowest BCUT2D eigenvalue weighted by molar-refractivity contribution is -0.122. The van der Waals surface area contributed by atoms with E-state index in [2.05, 4.69) is 17.4 Å². The van der Waals surface area contributed by atoms with E-state index in [9.17, 15) is 17.6 Å². The van der Waals surface area contributed by atoms with Crippen molar-refractivity contribution in [1.29, 1.82) is 0 Å². The van der Waals surface area contributed by atoms with Crippen molar-refractivity contribution in [3.8, 4) is 0 Å². The summed E-state index contributed by atoms with van der Waals surface area (Å²) in [5.74, 6) is -1.11. The normalized spacial score (nSPS) is 12.4. The minimum Gasteiger partial charge on any atom is -0.354 e. The highest BCUT2D eigenvalue weighted by molar-refractivity contribution is 7.92. The average molecular weight is 407 g/mol. The summed E-state index contributed by atoms with van der Waals surface area (Å²) in [7, 11) is -3.84. The molecule has 0 aromatic heterocycles. The van der Waals surface area contributed by atoms with Crippen LogP contribution in [0.1, 0.15) is 30.9 Å². The van der Waals surface area contributed by atoms with E-state index < -0.39 is 27.8 Å². The monoisotopic (exact) mass is 406 g/mol. The Hall–Kier alpha value is -2.41. The van der Waals surface area contributed by atoms with E-state index >= 15 is 0 Å². The first-order valence-electron chi connectivity index (χ1n) is 9.31. The summed E-state index contributed by atoms with van der Waals surface area (Å²) >= 11 is 0. The molecule has 0 spiro atoms. The SMILES string of the molecule is CC[C@H](C(=O)NCCCc1ccc(C)cc1)N(c1ccccc1F)S(C)(=O)=O. The molecule has 0 saturated carbocycles. The lowest BCUT2D eigenvalue weighted by Gasteiger charge is -2.30. The summed E-state index contributed by atoms with van der Waals surface area (Å²) in [6.07, 6.45) is 2.74. The topological polar surface area (TPSA) is 66.5 Å². The zero-order valence-electron chi connectivity index (χ0n) is 16.5. The first-order chi connectivity index (χ1) is 13.2. The zero-order chi connectivity index (χ0) is 20.7. The predicted molar refractivity (Wildman–Crippen MR) is 110 cm³/mol. The Morgan fingerprint density at radius 2 is 1.79 bits per heavy atom. The van der Waals surface area contributed by atoms with E-state index in [1.807, 2.05) is 19.1 Å². The number of rotatable bonds is 9. The third-order valence-corrected chi connectivity index (χ3v) is 5.65. The lowest BCUT2D eigenvalue weighted by atomic mass is 10.1. The Balaban J connectivity index is 2.05. The smallest absolute Gasteiger partial charge is 0.243 e. The highest BCUT2D eigenvalue weighted by Crippen LogP contribution is 2.25. The number of nitrogens with one attached hydrogen (secondary N) is 1. The molecule has 0 unspecified atom stereocenters. The number of carbonyl (C=O) groups excluding carboxylic acids is 1. The van der Waals surface area contributed by atoms with Crippen molar-refractivity contribution in [1.82, 2.24) is 5.32 Å². The molecule has 2 rings (SSSR count). The largest absolute Gasteiger partial charge is 0.354 e. The van der Waals surface area contributed by atoms with Crippen LogP contribution < -0.4 is 9.62 Å². The molecule has 7 heteroatoms. The van der Waals surface area contributed by atoms with Crippen LogP contribution in [0.3, 0.4) is 0 Å². The summed E-state index contributed by atoms with van der Waals surface area (Å²) in [5, 5.41) is 2.79. The second-order valence-corrected chi connectivity index (χ2v) is 8.67. The molecule has 0 aliphatic carbocycles. The summed E-state index contributed by atoms with van der Waals surface area (Å²) < 4.78 is 39.7. The molecule has 0 bridgehead atoms. The minimum absolute atomic E-state index is 0.119. The fourth-order valence-electron chi connectivity index (χ4n) is 3.04. The molecular weight excluding hydrogens is 379 g/mol. The van der Waals surface area contributed by atoms with Gasteiger partial charge in [0, 0.05) is 6.54 Å². The van der Waals surface area contributed by atoms with Gasteiger partial charge in [-0.3, -0.25) is 9.10 Å². The van der Waals surface area contributed by atoms with E-state index in [0.29, 0.717) is 6.54 Å². The molecule has 0 fully saturated rings. The molecule has 2 aromatic carbocycles. The Morgan fingerprint density at radius 1 is 1.14 bits per heavy atom. The number of hydrogen-bond donors (Lipinski definition) is 1. The van der Waals surface area contributed by atoms with Crippen LogP contribution in [0.15, 0.2) is 48.5 Å². The van der Waals surface area contributed by atoms with E-state index in [0.717, 1.165) is 23.4 Å². The molecule has 0 radical (unpaired) electrons. The molecule has 0 heterocycles. The maximum atomic E-state index is 14.2. The zero-order valence-corrected chi connectivity index (χ0v) is 17.3. The van der Waals surface area contributed by atoms with Crippen molar-refractivity contribution in [2.45, 2.75) is 39.2 Å². The van der Waals surface area contributed by atoms with Crippen LogP contribution in [0.25, 0.3) is 0 Å². The Labute approximate surface area is 166 Å². The maximum Gasteiger partial charge on any atom is 0.243 e. The molecule has 2 aromatic rings. The van der Waals surface area contributed by atoms with Gasteiger partial charge < -0.3 is 5.32 Å². The highest BCUT2D eigenvalue weighted by Gasteiger charge is 2.32. The van der Waals surface area contributed by atoms with Gasteiger partial charge in [-0.1, -0.05) is 48.9 Å². The first-order valence-corrected chi connectivity index (χ1v) is 11.2. The highest BCUT2D eigenvalue weighted by atomic mass is 32.2. The second kappa shape index (κ2) is 9.68. The number of anilines is 1. The number of halogens is 1. The van der Waals surface area contributed by atoms with Gasteiger partial charge in [0.05, 0.1) is 11.9 Å². The Kier molecular flexibility index (Phi) is 7.57. The fraction of sp³-hybridized carbons (Fsp3) is 0.381. The number of aryl methyl sites for hydroxylation is 2. The molecule has 28 heavy (non-hydrogen) atoms. The van der Waals surface area contributed by atoms with E-state index in [-0.39, 0.29) is 12.1 Å². The van der Waals surface area contributed by atoms with Crippen LogP contribution in [0.5, 0.6) is 0 Å². The molecule has 0 aliphatic heterocycles. The van der Waals surface area contributed by atoms with Gasteiger partial charge in [0.25, 0.3) is 0 Å². The molecule has 1 amide bonds. The summed E-state index contributed by atoms with van der Waals surface area (Å²) in [5.41, 5.74) is 2.25. The van der Waals surface area contributed by atoms with Crippen LogP contribution in [-0.2, 0) is 21.2 Å². The molecule has 152 valence electrons. The van der Waals surface area contributed by atoms with Gasteiger partial charge in [0.2, 0.25) is 15.9 Å². The van der Waals surface area contributed by atoms with Crippen molar-refractivity contribution in [3.63, 3.8) is 0 Å². The number of hydrogen-bond acceptors (Lipinski definition) is 3. The molecule has 1 atom stereocenters. The van der Waals surface area contributed by atoms with Crippen molar-refractivity contribution in [2.75, 3.05) is 17.1 Å². The molecular formula is C21H27FN2O3S. The van der Waals surface area contributed by atoms with Crippen molar-refractivity contribution in [3.05, 3.63) is 65.5 Å². The summed E-state index contributed by atoms with van der Waals surface area (Å²) in [6, 6.07) is 12.7. The van der Waals surface area contributed by atoms with Crippen molar-refractivity contribution < 1.29 is 17.6 Å². The van der Waals surface area contributed by atoms with Gasteiger partial charge in [-0.15, -0.1) is 0 Å². The van der Waals surface area contributed by atoms with Gasteiger partial charge in [-0.25, -0.2) is 12.8 Å². The van der Waals surface area contributed by atoms with Crippen LogP contribution in [0, 0.1) is 12.7 Å². The van der Waals surface area contributed by atoms with Crippen LogP contribution >= 0.6 is 0 Å². The van der Waals surface area contributed by atoms with Gasteiger partial charge in [-0.2, -0.15) is 0 Å². The standard InChI is InChI=1S/C21H27FN2O3S/c1-4-19(24(28(3,26)27)20-10-6-5-9-18(20)22)21(25)23-15-7-8-17-13-11-16(2)12-14-17/h5-6,9-14,19H,4,7-8,15H2,1-3H3,(H,23,25)/t19-/m1/s1. The number of nitrogens with zero attached hydrogens (tertiary/aromatic N) is 1. The van der Waals surface area contributed by atoms with Gasteiger partial charge in [0.1, 0.15) is 11.9 Å². The number of benzene rings is 2. The lowest BCUT2D eigenvalue weighted by Crippen LogP contribution is -2.49. The molecule has 0 aliphatic rings. The number of sulfonamides is 1. The maximum absolute atomic E-state index is 14.2. The number of amides is 1. The number of para-hydroxylation sites is 1. The van der Waals surface area contributed by atoms with Crippen molar-refractivity contribution in [2.24, 2.45) is 0 Å². The van der Waals surface area contributed by atoms with Gasteiger partial charge in [0.15, 0.2) is 0 Å². The molecule has 0 saturated heterocycles. The van der Waals surface area contributed by atoms with Crippen LogP contribution in [0.4, 0.5) is 10.1 Å². The minimum atomic E-state index is -3.84. The number of carbonyl (C=O) groups is 1. The Bertz CT molecular complexity index is 898. The first kappa shape index (κ1) is 21.9. The third kappa shape index (κ3) is 5.79. The fourth-order valence-corrected chi connectivity index (χ4v) is 4.25. The second-order valence-electron chi connectivity index (χ2n) is 6.81. The molecule has 5 nitrogen and oxygen atoms in total. The average Bonchev–Trinajstić information content (AvgIpc) is 2.64. The van der Waals surface area contributed by atoms with E-state index in [1.54, 1.807) is 13.0 Å². The summed E-state index contributed by atoms with van der Waals surface area (Å²) in [6.45, 7) is 4.14. The quantitative estimate of drug-likeness (QED) is 0.649. The van der Waals surface area contributed by atoms with E-state index in [4.69, 9.17) is 0 Å². The predicted octanol–water partition coefficient (Wildman–Crippen LogP) is 3.43. The van der Waals surface area contributed by atoms with Gasteiger partial charge in [-0.05, 0) is 43.9 Å². The van der Waals surface area contributed by atoms with Crippen molar-refractivity contribution >= 4 is 21.6 Å². The van der Waals surface area contributed by atoms with E-state index in [1.165, 1.54) is 29.3 Å². The Morgan fingerprint density at radius 3 is 2.36 bits per heavy atom. The summed E-state index contributed by atoms with van der Waals surface area (Å²) in [4.78, 5) is 12.7. The third-order valence-electron chi connectivity index (χ3n) is 4.48.